The van der Waals surface area contributed by atoms with Gasteiger partial charge in [0.25, 0.3) is 0 Å². The van der Waals surface area contributed by atoms with Crippen LogP contribution in [-0.4, -0.2) is 49.5 Å². The van der Waals surface area contributed by atoms with Crippen LogP contribution in [0.4, 0.5) is 20.2 Å². The van der Waals surface area contributed by atoms with E-state index in [1.54, 1.807) is 24.3 Å². The summed E-state index contributed by atoms with van der Waals surface area (Å²) in [5, 5.41) is 9.26. The van der Waals surface area contributed by atoms with Crippen molar-refractivity contribution in [3.8, 4) is 11.5 Å². The van der Waals surface area contributed by atoms with E-state index in [0.29, 0.717) is 49.8 Å². The lowest BCUT2D eigenvalue weighted by Gasteiger charge is -2.38. The Kier molecular flexibility index (Phi) is 7.67. The molecule has 190 valence electrons. The molecule has 2 aromatic rings. The number of anilines is 2. The Hall–Kier alpha value is -3.03. The molecule has 35 heavy (non-hydrogen) atoms. The number of hydrogen-bond donors (Lipinski definition) is 1. The number of carboxylic acid groups (broad SMARTS) is 1. The molecule has 0 saturated carbocycles. The van der Waals surface area contributed by atoms with Gasteiger partial charge in [0, 0.05) is 55.8 Å². The first-order valence-corrected chi connectivity index (χ1v) is 12.4. The number of benzene rings is 2. The van der Waals surface area contributed by atoms with Gasteiger partial charge >= 0.3 is 5.97 Å². The van der Waals surface area contributed by atoms with Gasteiger partial charge in [0.2, 0.25) is 0 Å². The number of carbonyl (C=O) groups is 1. The largest absolute Gasteiger partial charge is 0.494 e. The molecule has 2 unspecified atom stereocenters. The van der Waals surface area contributed by atoms with Crippen LogP contribution < -0.4 is 19.3 Å². The third-order valence-electron chi connectivity index (χ3n) is 7.19. The summed E-state index contributed by atoms with van der Waals surface area (Å²) >= 11 is 0. The molecule has 2 aliphatic rings. The predicted octanol–water partition coefficient (Wildman–Crippen LogP) is 5.35. The fraction of sp³-hybridized carbons (Fsp3) is 0.519. The molecule has 0 aromatic heterocycles. The second-order valence-corrected chi connectivity index (χ2v) is 9.65. The van der Waals surface area contributed by atoms with Crippen LogP contribution in [0.2, 0.25) is 0 Å². The molecule has 0 radical (unpaired) electrons. The number of aliphatic carboxylic acids is 1. The van der Waals surface area contributed by atoms with E-state index in [9.17, 15) is 14.3 Å². The van der Waals surface area contributed by atoms with Gasteiger partial charge in [0.15, 0.2) is 11.6 Å². The van der Waals surface area contributed by atoms with Crippen molar-refractivity contribution in [2.24, 2.45) is 11.8 Å². The van der Waals surface area contributed by atoms with Crippen LogP contribution >= 0.6 is 0 Å². The van der Waals surface area contributed by atoms with Crippen LogP contribution in [0, 0.1) is 23.5 Å². The fourth-order valence-corrected chi connectivity index (χ4v) is 5.26. The van der Waals surface area contributed by atoms with E-state index < -0.39 is 11.8 Å². The molecule has 4 atom stereocenters. The third kappa shape index (κ3) is 5.63. The van der Waals surface area contributed by atoms with E-state index >= 15 is 4.39 Å². The lowest BCUT2D eigenvalue weighted by atomic mass is 9.95. The summed E-state index contributed by atoms with van der Waals surface area (Å²) in [6, 6.07) is 9.51. The highest BCUT2D eigenvalue weighted by molar-refractivity contribution is 5.69. The van der Waals surface area contributed by atoms with Gasteiger partial charge in [-0.05, 0) is 43.5 Å². The molecule has 2 saturated heterocycles. The van der Waals surface area contributed by atoms with Crippen LogP contribution in [0.1, 0.15) is 40.0 Å². The normalized spacial score (nSPS) is 24.5. The Labute approximate surface area is 205 Å². The maximum atomic E-state index is 15.0. The minimum absolute atomic E-state index is 0.0329. The van der Waals surface area contributed by atoms with Crippen LogP contribution in [0.5, 0.6) is 11.5 Å². The van der Waals surface area contributed by atoms with Crippen molar-refractivity contribution in [1.82, 2.24) is 0 Å². The summed E-state index contributed by atoms with van der Waals surface area (Å²) in [6.07, 6.45) is 1.34. The van der Waals surface area contributed by atoms with Gasteiger partial charge in [-0.3, -0.25) is 4.79 Å². The summed E-state index contributed by atoms with van der Waals surface area (Å²) in [6.45, 7) is 8.33. The zero-order valence-corrected chi connectivity index (χ0v) is 20.5. The van der Waals surface area contributed by atoms with E-state index in [2.05, 4.69) is 0 Å². The second kappa shape index (κ2) is 10.7. The zero-order chi connectivity index (χ0) is 25.1. The maximum Gasteiger partial charge on any atom is 0.305 e. The van der Waals surface area contributed by atoms with Crippen molar-refractivity contribution in [1.29, 1.82) is 0 Å². The van der Waals surface area contributed by atoms with Crippen LogP contribution in [-0.2, 0) is 4.79 Å². The maximum absolute atomic E-state index is 15.0. The first kappa shape index (κ1) is 25.1. The predicted molar refractivity (Wildman–Crippen MR) is 132 cm³/mol. The summed E-state index contributed by atoms with van der Waals surface area (Å²) < 4.78 is 41.1. The Morgan fingerprint density at radius 3 is 2.54 bits per heavy atom. The van der Waals surface area contributed by atoms with Crippen molar-refractivity contribution in [2.45, 2.75) is 52.2 Å². The minimum Gasteiger partial charge on any atom is -0.494 e. The van der Waals surface area contributed by atoms with Crippen LogP contribution in [0.3, 0.4) is 0 Å². The van der Waals surface area contributed by atoms with Crippen LogP contribution in [0.25, 0.3) is 0 Å². The third-order valence-corrected chi connectivity index (χ3v) is 7.19. The van der Waals surface area contributed by atoms with E-state index in [0.717, 1.165) is 6.42 Å². The standard InChI is InChI=1S/C27H34F2N2O4/c1-4-34-20-6-7-21(28)24(14-20)30-11-10-25(18(3)16-30)35-26-8-5-19(13-22(26)29)31-12-9-17(2)23(31)15-27(32)33/h5-8,13-14,17-18,23,25H,4,9-12,15-16H2,1-3H3,(H,32,33)/t17-,18?,23+,25?/m1/s1. The molecule has 0 amide bonds. The van der Waals surface area contributed by atoms with Gasteiger partial charge in [-0.25, -0.2) is 8.78 Å². The van der Waals surface area contributed by atoms with Crippen molar-refractivity contribution in [3.05, 3.63) is 48.0 Å². The van der Waals surface area contributed by atoms with Crippen molar-refractivity contribution in [2.75, 3.05) is 36.0 Å². The monoisotopic (exact) mass is 488 g/mol. The smallest absolute Gasteiger partial charge is 0.305 e. The van der Waals surface area contributed by atoms with Gasteiger partial charge < -0.3 is 24.4 Å². The van der Waals surface area contributed by atoms with Gasteiger partial charge in [-0.2, -0.15) is 0 Å². The molecule has 0 spiro atoms. The number of hydrogen-bond acceptors (Lipinski definition) is 5. The van der Waals surface area contributed by atoms with Gasteiger partial charge in [-0.15, -0.1) is 0 Å². The zero-order valence-electron chi connectivity index (χ0n) is 20.5. The summed E-state index contributed by atoms with van der Waals surface area (Å²) in [7, 11) is 0. The molecular formula is C27H34F2N2O4. The molecule has 4 rings (SSSR count). The van der Waals surface area contributed by atoms with Crippen molar-refractivity contribution in [3.63, 3.8) is 0 Å². The molecule has 2 fully saturated rings. The van der Waals surface area contributed by atoms with E-state index in [1.807, 2.05) is 30.6 Å². The highest BCUT2D eigenvalue weighted by atomic mass is 19.1. The average molecular weight is 489 g/mol. The molecule has 1 N–H and O–H groups in total. The summed E-state index contributed by atoms with van der Waals surface area (Å²) in [5.74, 6) is -0.493. The summed E-state index contributed by atoms with van der Waals surface area (Å²) in [4.78, 5) is 15.2. The molecule has 8 heteroatoms. The number of piperidine rings is 1. The number of carboxylic acids is 1. The number of rotatable bonds is 8. The molecule has 2 aliphatic heterocycles. The number of nitrogens with zero attached hydrogens (tertiary/aromatic N) is 2. The lowest BCUT2D eigenvalue weighted by Crippen LogP contribution is -2.44. The van der Waals surface area contributed by atoms with Crippen LogP contribution in [0.15, 0.2) is 36.4 Å². The van der Waals surface area contributed by atoms with E-state index in [-0.39, 0.29) is 42.0 Å². The molecule has 2 heterocycles. The topological polar surface area (TPSA) is 62.2 Å². The average Bonchev–Trinajstić information content (AvgIpc) is 3.17. The lowest BCUT2D eigenvalue weighted by molar-refractivity contribution is -0.137. The molecule has 2 aromatic carbocycles. The quantitative estimate of drug-likeness (QED) is 0.541. The highest BCUT2D eigenvalue weighted by Gasteiger charge is 2.34. The Morgan fingerprint density at radius 1 is 1.06 bits per heavy atom. The Bertz CT molecular complexity index is 1050. The number of ether oxygens (including phenoxy) is 2. The number of halogens is 2. The molecule has 0 bridgehead atoms. The fourth-order valence-electron chi connectivity index (χ4n) is 5.26. The van der Waals surface area contributed by atoms with Gasteiger partial charge in [-0.1, -0.05) is 13.8 Å². The molecule has 0 aliphatic carbocycles. The van der Waals surface area contributed by atoms with E-state index in [1.165, 1.54) is 12.1 Å². The Balaban J connectivity index is 1.42. The molecular weight excluding hydrogens is 454 g/mol. The van der Waals surface area contributed by atoms with Crippen molar-refractivity contribution >= 4 is 17.3 Å². The van der Waals surface area contributed by atoms with Crippen molar-refractivity contribution < 1.29 is 28.2 Å². The molecule has 6 nitrogen and oxygen atoms in total. The first-order valence-electron chi connectivity index (χ1n) is 12.4. The summed E-state index contributed by atoms with van der Waals surface area (Å²) in [5.41, 5.74) is 1.19. The SMILES string of the molecule is CCOc1ccc(F)c(N2CCC(Oc3ccc(N4CC[C@@H](C)[C@@H]4CC(=O)O)cc3F)C(C)C2)c1. The Morgan fingerprint density at radius 2 is 1.86 bits per heavy atom. The first-order chi connectivity index (χ1) is 16.8. The minimum atomic E-state index is -0.848. The second-order valence-electron chi connectivity index (χ2n) is 9.65. The highest BCUT2D eigenvalue weighted by Crippen LogP contribution is 2.35. The van der Waals surface area contributed by atoms with E-state index in [4.69, 9.17) is 9.47 Å². The van der Waals surface area contributed by atoms with Gasteiger partial charge in [0.1, 0.15) is 17.7 Å². The van der Waals surface area contributed by atoms with Gasteiger partial charge in [0.05, 0.1) is 18.7 Å².